The van der Waals surface area contributed by atoms with Gasteiger partial charge in [0, 0.05) is 12.1 Å². The highest BCUT2D eigenvalue weighted by Crippen LogP contribution is 2.34. The first-order valence-electron chi connectivity index (χ1n) is 7.47. The van der Waals surface area contributed by atoms with Crippen molar-refractivity contribution in [1.29, 1.82) is 0 Å². The maximum Gasteiger partial charge on any atom is 0.323 e. The van der Waals surface area contributed by atoms with Gasteiger partial charge in [-0.25, -0.2) is 0 Å². The predicted molar refractivity (Wildman–Crippen MR) is 78.4 cm³/mol. The van der Waals surface area contributed by atoms with Crippen LogP contribution in [-0.2, 0) is 4.79 Å². The molecular weight excluding hydrogens is 240 g/mol. The monoisotopic (exact) mass is 270 g/mol. The molecule has 0 bridgehead atoms. The highest BCUT2D eigenvalue weighted by atomic mass is 16.4. The maximum absolute atomic E-state index is 11.4. The lowest BCUT2D eigenvalue weighted by Crippen LogP contribution is -2.52. The molecule has 0 saturated heterocycles. The molecule has 0 aromatic rings. The minimum absolute atomic E-state index is 0.184. The summed E-state index contributed by atoms with van der Waals surface area (Å²) in [5.41, 5.74) is -0.808. The molecule has 19 heavy (non-hydrogen) atoms. The second-order valence-electron chi connectivity index (χ2n) is 6.60. The maximum atomic E-state index is 11.4. The first-order valence-corrected chi connectivity index (χ1v) is 7.47. The summed E-state index contributed by atoms with van der Waals surface area (Å²) in [7, 11) is 2.15. The molecule has 2 N–H and O–H groups in total. The molecule has 1 saturated carbocycles. The molecule has 0 aromatic heterocycles. The molecule has 1 rings (SSSR count). The number of nitrogens with zero attached hydrogens (tertiary/aromatic N) is 1. The Kier molecular flexibility index (Phi) is 5.81. The van der Waals surface area contributed by atoms with Crippen LogP contribution in [0.2, 0.25) is 0 Å². The summed E-state index contributed by atoms with van der Waals surface area (Å²) in [5.74, 6) is 0.115. The van der Waals surface area contributed by atoms with Gasteiger partial charge < -0.3 is 10.0 Å². The lowest BCUT2D eigenvalue weighted by Gasteiger charge is -2.30. The first-order chi connectivity index (χ1) is 8.76. The molecule has 112 valence electrons. The van der Waals surface area contributed by atoms with Crippen molar-refractivity contribution in [3.63, 3.8) is 0 Å². The quantitative estimate of drug-likeness (QED) is 0.675. The number of hydrogen-bond acceptors (Lipinski definition) is 3. The van der Waals surface area contributed by atoms with E-state index in [1.54, 1.807) is 6.92 Å². The SMILES string of the molecule is CC(C)NC(C)(CCCN(C)C(C)C1CC1)C(=O)O. The van der Waals surface area contributed by atoms with Gasteiger partial charge in [-0.1, -0.05) is 0 Å². The Hall–Kier alpha value is -0.610. The zero-order chi connectivity index (χ0) is 14.6. The van der Waals surface area contributed by atoms with Gasteiger partial charge in [-0.2, -0.15) is 0 Å². The summed E-state index contributed by atoms with van der Waals surface area (Å²) >= 11 is 0. The lowest BCUT2D eigenvalue weighted by atomic mass is 9.94. The Labute approximate surface area is 117 Å². The van der Waals surface area contributed by atoms with Crippen LogP contribution in [0.5, 0.6) is 0 Å². The van der Waals surface area contributed by atoms with Crippen LogP contribution in [0.15, 0.2) is 0 Å². The highest BCUT2D eigenvalue weighted by Gasteiger charge is 2.34. The summed E-state index contributed by atoms with van der Waals surface area (Å²) in [6, 6.07) is 0.818. The van der Waals surface area contributed by atoms with E-state index in [-0.39, 0.29) is 6.04 Å². The second-order valence-corrected chi connectivity index (χ2v) is 6.60. The van der Waals surface area contributed by atoms with Crippen LogP contribution in [0.1, 0.15) is 53.4 Å². The number of carbonyl (C=O) groups is 1. The van der Waals surface area contributed by atoms with Gasteiger partial charge >= 0.3 is 5.97 Å². The molecule has 1 fully saturated rings. The normalized spacial score (nSPS) is 20.6. The standard InChI is InChI=1S/C15H30N2O2/c1-11(2)16-15(4,14(18)19)9-6-10-17(5)12(3)13-7-8-13/h11-13,16H,6-10H2,1-5H3,(H,18,19). The van der Waals surface area contributed by atoms with Crippen LogP contribution in [-0.4, -0.2) is 47.2 Å². The van der Waals surface area contributed by atoms with E-state index in [2.05, 4.69) is 24.2 Å². The van der Waals surface area contributed by atoms with E-state index in [0.29, 0.717) is 12.5 Å². The Morgan fingerprint density at radius 1 is 1.42 bits per heavy atom. The Bertz CT molecular complexity index is 303. The van der Waals surface area contributed by atoms with E-state index in [9.17, 15) is 9.90 Å². The van der Waals surface area contributed by atoms with Crippen molar-refractivity contribution < 1.29 is 9.90 Å². The number of carboxylic acids is 1. The number of nitrogens with one attached hydrogen (secondary N) is 1. The minimum Gasteiger partial charge on any atom is -0.480 e. The predicted octanol–water partition coefficient (Wildman–Crippen LogP) is 2.34. The molecule has 2 atom stereocenters. The van der Waals surface area contributed by atoms with Gasteiger partial charge in [0.2, 0.25) is 0 Å². The second kappa shape index (κ2) is 6.71. The zero-order valence-corrected chi connectivity index (χ0v) is 13.1. The molecular formula is C15H30N2O2. The molecule has 0 aliphatic heterocycles. The van der Waals surface area contributed by atoms with E-state index in [4.69, 9.17) is 0 Å². The molecule has 0 radical (unpaired) electrons. The van der Waals surface area contributed by atoms with Crippen LogP contribution in [0.3, 0.4) is 0 Å². The van der Waals surface area contributed by atoms with E-state index >= 15 is 0 Å². The van der Waals surface area contributed by atoms with Gasteiger partial charge in [0.05, 0.1) is 0 Å². The zero-order valence-electron chi connectivity index (χ0n) is 13.1. The van der Waals surface area contributed by atoms with Crippen molar-refractivity contribution in [3.05, 3.63) is 0 Å². The minimum atomic E-state index is -0.808. The molecule has 0 aromatic carbocycles. The van der Waals surface area contributed by atoms with E-state index in [1.807, 2.05) is 13.8 Å². The molecule has 0 heterocycles. The van der Waals surface area contributed by atoms with Crippen molar-refractivity contribution in [1.82, 2.24) is 10.2 Å². The van der Waals surface area contributed by atoms with Crippen LogP contribution >= 0.6 is 0 Å². The van der Waals surface area contributed by atoms with Crippen molar-refractivity contribution >= 4 is 5.97 Å². The van der Waals surface area contributed by atoms with E-state index < -0.39 is 11.5 Å². The Balaban J connectivity index is 2.37. The van der Waals surface area contributed by atoms with Crippen LogP contribution in [0.4, 0.5) is 0 Å². The van der Waals surface area contributed by atoms with Crippen LogP contribution in [0, 0.1) is 5.92 Å². The van der Waals surface area contributed by atoms with Crippen LogP contribution < -0.4 is 5.32 Å². The molecule has 4 nitrogen and oxygen atoms in total. The van der Waals surface area contributed by atoms with Crippen molar-refractivity contribution in [2.24, 2.45) is 5.92 Å². The number of hydrogen-bond donors (Lipinski definition) is 2. The fourth-order valence-electron chi connectivity index (χ4n) is 2.70. The largest absolute Gasteiger partial charge is 0.480 e. The molecule has 1 aliphatic carbocycles. The average molecular weight is 270 g/mol. The van der Waals surface area contributed by atoms with Gasteiger partial charge in [-0.15, -0.1) is 0 Å². The summed E-state index contributed by atoms with van der Waals surface area (Å²) in [5, 5.41) is 12.6. The van der Waals surface area contributed by atoms with Gasteiger partial charge in [-0.05, 0) is 72.9 Å². The molecule has 2 unspecified atom stereocenters. The average Bonchev–Trinajstić information content (AvgIpc) is 3.10. The van der Waals surface area contributed by atoms with Gasteiger partial charge in [0.25, 0.3) is 0 Å². The molecule has 0 spiro atoms. The highest BCUT2D eigenvalue weighted by molar-refractivity contribution is 5.78. The third kappa shape index (κ3) is 5.11. The number of carboxylic acid groups (broad SMARTS) is 1. The summed E-state index contributed by atoms with van der Waals surface area (Å²) < 4.78 is 0. The van der Waals surface area contributed by atoms with Crippen LogP contribution in [0.25, 0.3) is 0 Å². The first kappa shape index (κ1) is 16.4. The number of rotatable bonds is 9. The van der Waals surface area contributed by atoms with E-state index in [1.165, 1.54) is 12.8 Å². The summed E-state index contributed by atoms with van der Waals surface area (Å²) in [6.07, 6.45) is 4.29. The third-order valence-corrected chi connectivity index (χ3v) is 4.27. The van der Waals surface area contributed by atoms with E-state index in [0.717, 1.165) is 18.9 Å². The Morgan fingerprint density at radius 3 is 2.42 bits per heavy atom. The Morgan fingerprint density at radius 2 is 2.00 bits per heavy atom. The molecule has 4 heteroatoms. The van der Waals surface area contributed by atoms with Crippen molar-refractivity contribution in [2.75, 3.05) is 13.6 Å². The fourth-order valence-corrected chi connectivity index (χ4v) is 2.70. The van der Waals surface area contributed by atoms with Crippen molar-refractivity contribution in [2.45, 2.75) is 71.0 Å². The lowest BCUT2D eigenvalue weighted by molar-refractivity contribution is -0.144. The third-order valence-electron chi connectivity index (χ3n) is 4.27. The van der Waals surface area contributed by atoms with Crippen molar-refractivity contribution in [3.8, 4) is 0 Å². The summed E-state index contributed by atoms with van der Waals surface area (Å²) in [6.45, 7) is 9.02. The van der Waals surface area contributed by atoms with Gasteiger partial charge in [0.1, 0.15) is 5.54 Å². The van der Waals surface area contributed by atoms with Gasteiger partial charge in [0.15, 0.2) is 0 Å². The number of aliphatic carboxylic acids is 1. The topological polar surface area (TPSA) is 52.6 Å². The summed E-state index contributed by atoms with van der Waals surface area (Å²) in [4.78, 5) is 13.8. The fraction of sp³-hybridized carbons (Fsp3) is 0.933. The molecule has 1 aliphatic rings. The molecule has 0 amide bonds. The van der Waals surface area contributed by atoms with Gasteiger partial charge in [-0.3, -0.25) is 10.1 Å². The smallest absolute Gasteiger partial charge is 0.323 e.